The van der Waals surface area contributed by atoms with E-state index in [0.717, 1.165) is 12.8 Å². The van der Waals surface area contributed by atoms with Crippen molar-refractivity contribution in [3.8, 4) is 5.75 Å². The number of amides is 2. The summed E-state index contributed by atoms with van der Waals surface area (Å²) in [5.41, 5.74) is 1.03. The summed E-state index contributed by atoms with van der Waals surface area (Å²) >= 11 is 5.99. The minimum atomic E-state index is -0.442. The van der Waals surface area contributed by atoms with E-state index in [-0.39, 0.29) is 11.6 Å². The molecule has 0 unspecified atom stereocenters. The summed E-state index contributed by atoms with van der Waals surface area (Å²) in [5, 5.41) is 3.20. The van der Waals surface area contributed by atoms with Gasteiger partial charge in [-0.1, -0.05) is 25.4 Å². The van der Waals surface area contributed by atoms with Gasteiger partial charge >= 0.3 is 0 Å². The molecule has 6 nitrogen and oxygen atoms in total. The summed E-state index contributed by atoms with van der Waals surface area (Å²) in [6, 6.07) is 8.06. The third-order valence-corrected chi connectivity index (χ3v) is 4.16. The van der Waals surface area contributed by atoms with Gasteiger partial charge in [-0.05, 0) is 43.2 Å². The number of halogens is 1. The molecule has 1 heterocycles. The fraction of sp³-hybridized carbons (Fsp3) is 0.350. The second-order valence-corrected chi connectivity index (χ2v) is 6.46. The largest absolute Gasteiger partial charge is 0.495 e. The number of anilines is 1. The standard InChI is InChI=1S/C20H24ClN3O3/c1-4-10-24(11-5-2)20(26)14-8-9-22-17(12-14)19(25)23-16-13-15(21)6-7-18(16)27-3/h6-9,12-13H,4-5,10-11H2,1-3H3,(H,23,25). The Kier molecular flexibility index (Phi) is 7.61. The van der Waals surface area contributed by atoms with Crippen LogP contribution in [0.25, 0.3) is 0 Å². The highest BCUT2D eigenvalue weighted by atomic mass is 35.5. The van der Waals surface area contributed by atoms with Crippen molar-refractivity contribution in [3.05, 3.63) is 52.8 Å². The van der Waals surface area contributed by atoms with Gasteiger partial charge in [0.25, 0.3) is 11.8 Å². The number of carbonyl (C=O) groups is 2. The van der Waals surface area contributed by atoms with Crippen LogP contribution in [0, 0.1) is 0 Å². The number of hydrogen-bond acceptors (Lipinski definition) is 4. The molecule has 0 spiro atoms. The third kappa shape index (κ3) is 5.44. The molecule has 2 aromatic rings. The average molecular weight is 390 g/mol. The predicted molar refractivity (Wildman–Crippen MR) is 107 cm³/mol. The molecule has 0 saturated heterocycles. The van der Waals surface area contributed by atoms with Crippen molar-refractivity contribution in [2.24, 2.45) is 0 Å². The van der Waals surface area contributed by atoms with Gasteiger partial charge in [0.2, 0.25) is 0 Å². The number of pyridine rings is 1. The first-order valence-electron chi connectivity index (χ1n) is 8.90. The Hall–Kier alpha value is -2.60. The van der Waals surface area contributed by atoms with E-state index in [1.165, 1.54) is 19.4 Å². The summed E-state index contributed by atoms with van der Waals surface area (Å²) < 4.78 is 5.23. The van der Waals surface area contributed by atoms with E-state index in [9.17, 15) is 9.59 Å². The van der Waals surface area contributed by atoms with Gasteiger partial charge in [-0.2, -0.15) is 0 Å². The first-order chi connectivity index (χ1) is 13.0. The average Bonchev–Trinajstić information content (AvgIpc) is 2.67. The van der Waals surface area contributed by atoms with Gasteiger partial charge in [-0.3, -0.25) is 14.6 Å². The molecule has 0 atom stereocenters. The zero-order chi connectivity index (χ0) is 19.8. The van der Waals surface area contributed by atoms with Gasteiger partial charge in [-0.15, -0.1) is 0 Å². The van der Waals surface area contributed by atoms with Gasteiger partial charge in [0, 0.05) is 29.9 Å². The second-order valence-electron chi connectivity index (χ2n) is 6.02. The Bertz CT molecular complexity index is 805. The molecule has 7 heteroatoms. The van der Waals surface area contributed by atoms with Crippen LogP contribution in [-0.2, 0) is 0 Å². The zero-order valence-electron chi connectivity index (χ0n) is 15.8. The maximum Gasteiger partial charge on any atom is 0.274 e. The summed E-state index contributed by atoms with van der Waals surface area (Å²) in [6.07, 6.45) is 3.21. The van der Waals surface area contributed by atoms with Crippen molar-refractivity contribution in [1.82, 2.24) is 9.88 Å². The Labute approximate surface area is 164 Å². The maximum atomic E-state index is 12.7. The summed E-state index contributed by atoms with van der Waals surface area (Å²) in [6.45, 7) is 5.41. The molecule has 144 valence electrons. The zero-order valence-corrected chi connectivity index (χ0v) is 16.5. The molecule has 0 saturated carbocycles. The molecule has 1 aromatic carbocycles. The van der Waals surface area contributed by atoms with Crippen LogP contribution in [0.2, 0.25) is 5.02 Å². The summed E-state index contributed by atoms with van der Waals surface area (Å²) in [4.78, 5) is 31.2. The number of carbonyl (C=O) groups excluding carboxylic acids is 2. The van der Waals surface area contributed by atoms with Gasteiger partial charge in [-0.25, -0.2) is 0 Å². The molecule has 0 aliphatic carbocycles. The van der Waals surface area contributed by atoms with Crippen LogP contribution in [-0.4, -0.2) is 41.9 Å². The lowest BCUT2D eigenvalue weighted by Crippen LogP contribution is -2.32. The molecular formula is C20H24ClN3O3. The molecule has 2 amide bonds. The van der Waals surface area contributed by atoms with Crippen molar-refractivity contribution in [1.29, 1.82) is 0 Å². The van der Waals surface area contributed by atoms with Crippen LogP contribution >= 0.6 is 11.6 Å². The van der Waals surface area contributed by atoms with Gasteiger partial charge in [0.15, 0.2) is 0 Å². The van der Waals surface area contributed by atoms with Crippen molar-refractivity contribution < 1.29 is 14.3 Å². The van der Waals surface area contributed by atoms with Crippen LogP contribution in [0.3, 0.4) is 0 Å². The van der Waals surface area contributed by atoms with Gasteiger partial charge in [0.05, 0.1) is 12.8 Å². The number of rotatable bonds is 8. The number of methoxy groups -OCH3 is 1. The SMILES string of the molecule is CCCN(CCC)C(=O)c1ccnc(C(=O)Nc2cc(Cl)ccc2OC)c1. The first kappa shape index (κ1) is 20.7. The topological polar surface area (TPSA) is 71.5 Å². The number of hydrogen-bond donors (Lipinski definition) is 1. The molecule has 0 fully saturated rings. The third-order valence-electron chi connectivity index (χ3n) is 3.92. The number of benzene rings is 1. The van der Waals surface area contributed by atoms with Gasteiger partial charge < -0.3 is 15.0 Å². The lowest BCUT2D eigenvalue weighted by atomic mass is 10.1. The minimum absolute atomic E-state index is 0.101. The lowest BCUT2D eigenvalue weighted by molar-refractivity contribution is 0.0755. The van der Waals surface area contributed by atoms with Crippen LogP contribution < -0.4 is 10.1 Å². The molecule has 1 N–H and O–H groups in total. The van der Waals surface area contributed by atoms with Crippen LogP contribution in [0.15, 0.2) is 36.5 Å². The molecule has 0 bridgehead atoms. The van der Waals surface area contributed by atoms with E-state index < -0.39 is 5.91 Å². The van der Waals surface area contributed by atoms with E-state index in [4.69, 9.17) is 16.3 Å². The van der Waals surface area contributed by atoms with E-state index in [1.807, 2.05) is 13.8 Å². The molecule has 0 radical (unpaired) electrons. The number of nitrogens with one attached hydrogen (secondary N) is 1. The molecule has 2 rings (SSSR count). The second kappa shape index (κ2) is 9.92. The van der Waals surface area contributed by atoms with Gasteiger partial charge in [0.1, 0.15) is 11.4 Å². The quantitative estimate of drug-likeness (QED) is 0.732. The maximum absolute atomic E-state index is 12.7. The number of nitrogens with zero attached hydrogens (tertiary/aromatic N) is 2. The van der Waals surface area contributed by atoms with Crippen LogP contribution in [0.5, 0.6) is 5.75 Å². The molecule has 0 aliphatic rings. The van der Waals surface area contributed by atoms with Crippen molar-refractivity contribution >= 4 is 29.1 Å². The van der Waals surface area contributed by atoms with E-state index >= 15 is 0 Å². The fourth-order valence-corrected chi connectivity index (χ4v) is 2.86. The minimum Gasteiger partial charge on any atom is -0.495 e. The summed E-state index contributed by atoms with van der Waals surface area (Å²) in [7, 11) is 1.51. The number of ether oxygens (including phenoxy) is 1. The van der Waals surface area contributed by atoms with E-state index in [1.54, 1.807) is 29.2 Å². The monoisotopic (exact) mass is 389 g/mol. The highest BCUT2D eigenvalue weighted by Crippen LogP contribution is 2.28. The van der Waals surface area contributed by atoms with Crippen LogP contribution in [0.4, 0.5) is 5.69 Å². The van der Waals surface area contributed by atoms with E-state index in [2.05, 4.69) is 10.3 Å². The summed E-state index contributed by atoms with van der Waals surface area (Å²) in [5.74, 6) is -0.0599. The number of aromatic nitrogens is 1. The van der Waals surface area contributed by atoms with Crippen molar-refractivity contribution in [3.63, 3.8) is 0 Å². The van der Waals surface area contributed by atoms with Crippen molar-refractivity contribution in [2.45, 2.75) is 26.7 Å². The lowest BCUT2D eigenvalue weighted by Gasteiger charge is -2.21. The molecule has 0 aliphatic heterocycles. The molecule has 27 heavy (non-hydrogen) atoms. The van der Waals surface area contributed by atoms with E-state index in [0.29, 0.717) is 35.1 Å². The van der Waals surface area contributed by atoms with Crippen LogP contribution in [0.1, 0.15) is 47.5 Å². The Morgan fingerprint density at radius 2 is 1.85 bits per heavy atom. The molecule has 1 aromatic heterocycles. The fourth-order valence-electron chi connectivity index (χ4n) is 2.69. The highest BCUT2D eigenvalue weighted by molar-refractivity contribution is 6.31. The Morgan fingerprint density at radius 3 is 2.48 bits per heavy atom. The van der Waals surface area contributed by atoms with Crippen molar-refractivity contribution in [2.75, 3.05) is 25.5 Å². The highest BCUT2D eigenvalue weighted by Gasteiger charge is 2.17. The Morgan fingerprint density at radius 1 is 1.15 bits per heavy atom. The first-order valence-corrected chi connectivity index (χ1v) is 9.28. The normalized spacial score (nSPS) is 10.4. The Balaban J connectivity index is 2.22. The molecular weight excluding hydrogens is 366 g/mol. The predicted octanol–water partition coefficient (Wildman–Crippen LogP) is 4.26. The smallest absolute Gasteiger partial charge is 0.274 e.